The van der Waals surface area contributed by atoms with Crippen molar-refractivity contribution in [3.05, 3.63) is 0 Å². The minimum atomic E-state index is -3.33. The molecule has 15 heavy (non-hydrogen) atoms. The number of amides is 1. The van der Waals surface area contributed by atoms with E-state index >= 15 is 0 Å². The maximum atomic E-state index is 11.1. The maximum absolute atomic E-state index is 11.1. The zero-order valence-electron chi connectivity index (χ0n) is 8.60. The monoisotopic (exact) mass is 237 g/mol. The number of carbonyl (C=O) groups is 1. The van der Waals surface area contributed by atoms with Crippen LogP contribution in [-0.4, -0.2) is 43.4 Å². The molecule has 0 bridgehead atoms. The molecule has 0 aliphatic rings. The van der Waals surface area contributed by atoms with Gasteiger partial charge < -0.3 is 16.3 Å². The van der Waals surface area contributed by atoms with E-state index in [0.29, 0.717) is 0 Å². The third-order valence-electron chi connectivity index (χ3n) is 1.44. The van der Waals surface area contributed by atoms with Gasteiger partial charge in [-0.05, 0) is 6.92 Å². The molecule has 0 aromatic heterocycles. The summed E-state index contributed by atoms with van der Waals surface area (Å²) in [4.78, 5) is 11.1. The van der Waals surface area contributed by atoms with Crippen LogP contribution >= 0.6 is 0 Å². The van der Waals surface area contributed by atoms with E-state index in [-0.39, 0.29) is 18.3 Å². The highest BCUT2D eigenvalue weighted by Gasteiger charge is 2.13. The first-order valence-corrected chi connectivity index (χ1v) is 6.24. The predicted molar refractivity (Wildman–Crippen MR) is 55.3 cm³/mol. The molecule has 1 atom stereocenters. The fourth-order valence-corrected chi connectivity index (χ4v) is 1.52. The molecule has 88 valence electrons. The van der Waals surface area contributed by atoms with E-state index in [1.54, 1.807) is 6.92 Å². The zero-order valence-corrected chi connectivity index (χ0v) is 9.41. The first-order valence-electron chi connectivity index (χ1n) is 4.18. The van der Waals surface area contributed by atoms with E-state index < -0.39 is 21.5 Å². The van der Waals surface area contributed by atoms with Crippen LogP contribution < -0.4 is 11.1 Å². The number of rotatable bonds is 5. The number of nitrogens with one attached hydrogen (secondary N) is 1. The number of hydrogen-bond donors (Lipinski definition) is 3. The lowest BCUT2D eigenvalue weighted by molar-refractivity contribution is -0.119. The number of hydrogen-bond acceptors (Lipinski definition) is 5. The highest BCUT2D eigenvalue weighted by Crippen LogP contribution is 1.91. The van der Waals surface area contributed by atoms with Crippen molar-refractivity contribution in [1.29, 1.82) is 0 Å². The van der Waals surface area contributed by atoms with Gasteiger partial charge in [-0.25, -0.2) is 8.42 Å². The molecule has 0 aromatic rings. The van der Waals surface area contributed by atoms with Gasteiger partial charge in [0.25, 0.3) is 0 Å². The molecule has 1 amide bonds. The second-order valence-corrected chi connectivity index (χ2v) is 5.47. The molecule has 0 aliphatic carbocycles. The molecular weight excluding hydrogens is 222 g/mol. The topological polar surface area (TPSA) is 122 Å². The molecule has 1 unspecified atom stereocenters. The first kappa shape index (κ1) is 13.7. The van der Waals surface area contributed by atoms with E-state index in [1.807, 2.05) is 0 Å². The molecule has 0 saturated carbocycles. The van der Waals surface area contributed by atoms with Crippen LogP contribution in [-0.2, 0) is 14.6 Å². The normalized spacial score (nSPS) is 14.7. The van der Waals surface area contributed by atoms with Gasteiger partial charge in [0, 0.05) is 18.7 Å². The van der Waals surface area contributed by atoms with E-state index in [0.717, 1.165) is 6.26 Å². The van der Waals surface area contributed by atoms with Gasteiger partial charge in [0.15, 0.2) is 9.84 Å². The van der Waals surface area contributed by atoms with Crippen LogP contribution in [0, 0.1) is 0 Å². The summed E-state index contributed by atoms with van der Waals surface area (Å²) < 4.78 is 21.5. The third-order valence-corrected chi connectivity index (χ3v) is 2.23. The fraction of sp³-hybridized carbons (Fsp3) is 0.714. The Kier molecular flexibility index (Phi) is 5.06. The van der Waals surface area contributed by atoms with Crippen LogP contribution in [0.4, 0.5) is 0 Å². The van der Waals surface area contributed by atoms with E-state index in [2.05, 4.69) is 10.5 Å². The number of carbonyl (C=O) groups excluding carboxylic acids is 1. The van der Waals surface area contributed by atoms with Gasteiger partial charge in [-0.2, -0.15) is 0 Å². The summed E-state index contributed by atoms with van der Waals surface area (Å²) in [6.07, 6.45) is 1.13. The molecule has 4 N–H and O–H groups in total. The summed E-state index contributed by atoms with van der Waals surface area (Å²) in [6, 6.07) is -0.379. The summed E-state index contributed by atoms with van der Waals surface area (Å²) >= 11 is 0. The maximum Gasteiger partial charge on any atom is 0.235 e. The number of sulfone groups is 1. The lowest BCUT2D eigenvalue weighted by atomic mass is 10.2. The minimum absolute atomic E-state index is 0.0258. The number of nitrogens with zero attached hydrogens (tertiary/aromatic N) is 1. The summed E-state index contributed by atoms with van der Waals surface area (Å²) in [5, 5.41) is 13.4. The largest absolute Gasteiger partial charge is 0.409 e. The van der Waals surface area contributed by atoms with Gasteiger partial charge in [-0.1, -0.05) is 5.16 Å². The number of amidine groups is 1. The molecule has 8 heteroatoms. The summed E-state index contributed by atoms with van der Waals surface area (Å²) in [5.74, 6) is -1.19. The predicted octanol–water partition coefficient (Wildman–Crippen LogP) is -1.33. The van der Waals surface area contributed by atoms with E-state index in [9.17, 15) is 13.2 Å². The van der Waals surface area contributed by atoms with Crippen LogP contribution in [0.2, 0.25) is 0 Å². The van der Waals surface area contributed by atoms with Crippen LogP contribution in [0.25, 0.3) is 0 Å². The summed E-state index contributed by atoms with van der Waals surface area (Å²) in [6.45, 7) is 1.62. The average molecular weight is 237 g/mol. The van der Waals surface area contributed by atoms with Crippen molar-refractivity contribution in [3.8, 4) is 0 Å². The smallest absolute Gasteiger partial charge is 0.235 e. The molecule has 0 aliphatic heterocycles. The van der Waals surface area contributed by atoms with Crippen molar-refractivity contribution in [3.63, 3.8) is 0 Å². The average Bonchev–Trinajstić information content (AvgIpc) is 1.99. The Morgan fingerprint density at radius 1 is 1.60 bits per heavy atom. The number of nitrogens with two attached hydrogens (primary N) is 1. The van der Waals surface area contributed by atoms with Gasteiger partial charge in [0.05, 0.1) is 0 Å². The van der Waals surface area contributed by atoms with Crippen molar-refractivity contribution in [2.24, 2.45) is 10.9 Å². The van der Waals surface area contributed by atoms with Crippen LogP contribution in [0.1, 0.15) is 13.3 Å². The van der Waals surface area contributed by atoms with Gasteiger partial charge >= 0.3 is 0 Å². The Labute approximate surface area is 88.2 Å². The second-order valence-electron chi connectivity index (χ2n) is 3.33. The third kappa shape index (κ3) is 7.74. The Morgan fingerprint density at radius 3 is 2.53 bits per heavy atom. The van der Waals surface area contributed by atoms with Crippen LogP contribution in [0.5, 0.6) is 0 Å². The quantitative estimate of drug-likeness (QED) is 0.237. The van der Waals surface area contributed by atoms with E-state index in [1.165, 1.54) is 0 Å². The van der Waals surface area contributed by atoms with Crippen molar-refractivity contribution in [2.45, 2.75) is 19.4 Å². The molecule has 0 aromatic carbocycles. The molecule has 0 radical (unpaired) electrons. The van der Waals surface area contributed by atoms with Crippen molar-refractivity contribution < 1.29 is 18.4 Å². The Balaban J connectivity index is 4.08. The standard InChI is InChI=1S/C7H15N3O4S/c1-5(3-6(8)10-12)9-7(11)4-15(2,13)14/h5,12H,3-4H2,1-2H3,(H2,8,10)(H,9,11). The van der Waals surface area contributed by atoms with Crippen LogP contribution in [0.15, 0.2) is 5.16 Å². The van der Waals surface area contributed by atoms with Crippen molar-refractivity contribution in [2.75, 3.05) is 12.0 Å². The number of oxime groups is 1. The molecule has 0 rings (SSSR count). The summed E-state index contributed by atoms with van der Waals surface area (Å²) in [5.41, 5.74) is 5.21. The van der Waals surface area contributed by atoms with Gasteiger partial charge in [-0.3, -0.25) is 4.79 Å². The van der Waals surface area contributed by atoms with E-state index in [4.69, 9.17) is 10.9 Å². The van der Waals surface area contributed by atoms with Gasteiger partial charge in [-0.15, -0.1) is 0 Å². The SMILES string of the molecule is CC(CC(N)=NO)NC(=O)CS(C)(=O)=O. The minimum Gasteiger partial charge on any atom is -0.409 e. The van der Waals surface area contributed by atoms with Crippen molar-refractivity contribution >= 4 is 21.6 Å². The zero-order chi connectivity index (χ0) is 12.1. The Morgan fingerprint density at radius 2 is 2.13 bits per heavy atom. The molecule has 7 nitrogen and oxygen atoms in total. The Hall–Kier alpha value is -1.31. The highest BCUT2D eigenvalue weighted by molar-refractivity contribution is 7.91. The molecule has 0 spiro atoms. The molecule has 0 saturated heterocycles. The second kappa shape index (κ2) is 5.54. The van der Waals surface area contributed by atoms with Crippen molar-refractivity contribution in [1.82, 2.24) is 5.32 Å². The lowest BCUT2D eigenvalue weighted by Crippen LogP contribution is -2.38. The molecule has 0 heterocycles. The molecular formula is C7H15N3O4S. The van der Waals surface area contributed by atoms with Crippen LogP contribution in [0.3, 0.4) is 0 Å². The fourth-order valence-electron chi connectivity index (χ4n) is 0.960. The summed E-state index contributed by atoms with van der Waals surface area (Å²) in [7, 11) is -3.33. The highest BCUT2D eigenvalue weighted by atomic mass is 32.2. The lowest BCUT2D eigenvalue weighted by Gasteiger charge is -2.12. The molecule has 0 fully saturated rings. The van der Waals surface area contributed by atoms with Gasteiger partial charge in [0.1, 0.15) is 11.6 Å². The first-order chi connectivity index (χ1) is 6.74. The van der Waals surface area contributed by atoms with Gasteiger partial charge in [0.2, 0.25) is 5.91 Å². The Bertz CT molecular complexity index is 349.